The molecule has 0 bridgehead atoms. The molecule has 1 unspecified atom stereocenters. The Labute approximate surface area is 208 Å². The van der Waals surface area contributed by atoms with Crippen LogP contribution in [0.1, 0.15) is 94.2 Å². The zero-order valence-electron chi connectivity index (χ0n) is 21.5. The smallest absolute Gasteiger partial charge is 0.215 e. The number of rotatable bonds is 4. The summed E-state index contributed by atoms with van der Waals surface area (Å²) in [6.07, 6.45) is 16.3. The Morgan fingerprint density at radius 2 is 1.38 bits per heavy atom. The summed E-state index contributed by atoms with van der Waals surface area (Å²) in [6.45, 7) is 6.97. The third kappa shape index (κ3) is 5.91. The van der Waals surface area contributed by atoms with Crippen LogP contribution in [0.4, 0.5) is 0 Å². The number of allylic oxidation sites excluding steroid dienone is 1. The molecule has 3 heteroatoms. The average molecular weight is 474 g/mol. The van der Waals surface area contributed by atoms with Crippen molar-refractivity contribution >= 4 is 20.2 Å². The molecule has 182 valence electrons. The summed E-state index contributed by atoms with van der Waals surface area (Å²) in [4.78, 5) is 17.3. The van der Waals surface area contributed by atoms with Crippen molar-refractivity contribution in [3.05, 3.63) is 65.2 Å². The predicted octanol–water partition coefficient (Wildman–Crippen LogP) is 8.64. The average Bonchev–Trinajstić information content (AvgIpc) is 3.16. The molecule has 0 spiro atoms. The molecule has 1 atom stereocenters. The molecule has 2 aliphatic rings. The van der Waals surface area contributed by atoms with Crippen LogP contribution in [0.2, 0.25) is 13.1 Å². The van der Waals surface area contributed by atoms with Gasteiger partial charge in [0.15, 0.2) is 8.24 Å². The number of benzene rings is 2. The van der Waals surface area contributed by atoms with Crippen LogP contribution in [0.5, 0.6) is 0 Å². The van der Waals surface area contributed by atoms with Gasteiger partial charge in [-0.3, -0.25) is 4.79 Å². The molecule has 4 rings (SSSR count). The second kappa shape index (κ2) is 11.5. The fraction of sp³-hybridized carbons (Fsp3) is 0.516. The molecule has 0 saturated heterocycles. The molecule has 0 heterocycles. The molecule has 0 aromatic heterocycles. The maximum Gasteiger partial charge on any atom is 0.215 e. The molecule has 2 nitrogen and oxygen atoms in total. The fourth-order valence-corrected chi connectivity index (χ4v) is 9.53. The van der Waals surface area contributed by atoms with Gasteiger partial charge in [0.1, 0.15) is 0 Å². The van der Waals surface area contributed by atoms with Crippen LogP contribution in [0.15, 0.2) is 54.1 Å². The van der Waals surface area contributed by atoms with Crippen molar-refractivity contribution in [2.24, 2.45) is 5.92 Å². The zero-order chi connectivity index (χ0) is 24.0. The molecule has 0 radical (unpaired) electrons. The van der Waals surface area contributed by atoms with E-state index in [1.807, 2.05) is 0 Å². The highest BCUT2D eigenvalue weighted by molar-refractivity contribution is 6.79. The lowest BCUT2D eigenvalue weighted by molar-refractivity contribution is -0.124. The first-order chi connectivity index (χ1) is 16.5. The van der Waals surface area contributed by atoms with Crippen molar-refractivity contribution < 1.29 is 4.79 Å². The quantitative estimate of drug-likeness (QED) is 0.442. The Morgan fingerprint density at radius 3 is 2.00 bits per heavy atom. The van der Waals surface area contributed by atoms with Crippen LogP contribution < -0.4 is 4.98 Å². The first kappa shape index (κ1) is 25.0. The van der Waals surface area contributed by atoms with Gasteiger partial charge in [-0.2, -0.15) is 0 Å². The van der Waals surface area contributed by atoms with Gasteiger partial charge in [0.25, 0.3) is 0 Å². The molecular formula is C31H43NOSi. The number of hydrogen-bond donors (Lipinski definition) is 1. The Balaban J connectivity index is 1.51. The van der Waals surface area contributed by atoms with E-state index in [1.54, 1.807) is 0 Å². The van der Waals surface area contributed by atoms with Gasteiger partial charge in [-0.15, -0.1) is 0 Å². The van der Waals surface area contributed by atoms with Crippen molar-refractivity contribution in [1.29, 1.82) is 0 Å². The van der Waals surface area contributed by atoms with Crippen LogP contribution in [-0.4, -0.2) is 14.1 Å². The summed E-state index contributed by atoms with van der Waals surface area (Å²) in [5.41, 5.74) is 7.04. The molecule has 2 aromatic rings. The third-order valence-electron chi connectivity index (χ3n) is 8.01. The Kier molecular flexibility index (Phi) is 8.47. The first-order valence-corrected chi connectivity index (χ1v) is 16.7. The first-order valence-electron chi connectivity index (χ1n) is 13.7. The van der Waals surface area contributed by atoms with Gasteiger partial charge in [0.05, 0.1) is 0 Å². The SMILES string of the molecule is CC1=Cc2c(-c3ccccc3)cccc2C1[Si](C)(C)NC(=O)C1CCCCCCCCCCC1. The summed E-state index contributed by atoms with van der Waals surface area (Å²) in [7, 11) is -2.09. The van der Waals surface area contributed by atoms with Crippen molar-refractivity contribution in [2.75, 3.05) is 0 Å². The van der Waals surface area contributed by atoms with E-state index in [0.717, 1.165) is 12.8 Å². The fourth-order valence-electron chi connectivity index (χ4n) is 6.30. The Hall–Kier alpha value is -2.13. The summed E-state index contributed by atoms with van der Waals surface area (Å²) in [5, 5.41) is 0. The van der Waals surface area contributed by atoms with E-state index < -0.39 is 8.24 Å². The lowest BCUT2D eigenvalue weighted by atomic mass is 9.92. The van der Waals surface area contributed by atoms with Crippen LogP contribution >= 0.6 is 0 Å². The summed E-state index contributed by atoms with van der Waals surface area (Å²) in [6, 6.07) is 17.4. The van der Waals surface area contributed by atoms with Crippen LogP contribution in [0, 0.1) is 5.92 Å². The highest BCUT2D eigenvalue weighted by Gasteiger charge is 2.41. The lowest BCUT2D eigenvalue weighted by Crippen LogP contribution is -2.54. The van der Waals surface area contributed by atoms with Crippen LogP contribution in [0.25, 0.3) is 17.2 Å². The second-order valence-corrected chi connectivity index (χ2v) is 15.4. The number of nitrogens with one attached hydrogen (secondary N) is 1. The van der Waals surface area contributed by atoms with Gasteiger partial charge >= 0.3 is 0 Å². The van der Waals surface area contributed by atoms with E-state index in [-0.39, 0.29) is 5.92 Å². The Bertz CT molecular complexity index is 982. The highest BCUT2D eigenvalue weighted by atomic mass is 28.3. The van der Waals surface area contributed by atoms with Gasteiger partial charge in [0.2, 0.25) is 5.91 Å². The minimum atomic E-state index is -2.09. The van der Waals surface area contributed by atoms with E-state index in [2.05, 4.69) is 79.6 Å². The molecule has 1 fully saturated rings. The summed E-state index contributed by atoms with van der Waals surface area (Å²) >= 11 is 0. The van der Waals surface area contributed by atoms with Gasteiger partial charge < -0.3 is 4.98 Å². The van der Waals surface area contributed by atoms with Gasteiger partial charge in [-0.25, -0.2) is 0 Å². The maximum absolute atomic E-state index is 13.6. The largest absolute Gasteiger partial charge is 0.381 e. The highest BCUT2D eigenvalue weighted by Crippen LogP contribution is 2.44. The maximum atomic E-state index is 13.6. The molecule has 1 saturated carbocycles. The molecular weight excluding hydrogens is 430 g/mol. The third-order valence-corrected chi connectivity index (χ3v) is 11.1. The van der Waals surface area contributed by atoms with Crippen LogP contribution in [0.3, 0.4) is 0 Å². The molecule has 0 aliphatic heterocycles. The number of hydrogen-bond acceptors (Lipinski definition) is 1. The van der Waals surface area contributed by atoms with Gasteiger partial charge in [0, 0.05) is 11.5 Å². The van der Waals surface area contributed by atoms with Gasteiger partial charge in [-0.05, 0) is 42.0 Å². The monoisotopic (exact) mass is 473 g/mol. The second-order valence-electron chi connectivity index (χ2n) is 11.2. The Morgan fingerprint density at radius 1 is 0.794 bits per heavy atom. The minimum Gasteiger partial charge on any atom is -0.381 e. The van der Waals surface area contributed by atoms with Crippen molar-refractivity contribution in [3.63, 3.8) is 0 Å². The molecule has 34 heavy (non-hydrogen) atoms. The predicted molar refractivity (Wildman–Crippen MR) is 148 cm³/mol. The van der Waals surface area contributed by atoms with E-state index in [4.69, 9.17) is 0 Å². The van der Waals surface area contributed by atoms with Crippen molar-refractivity contribution in [2.45, 2.75) is 96.2 Å². The minimum absolute atomic E-state index is 0.187. The number of amides is 1. The van der Waals surface area contributed by atoms with E-state index in [9.17, 15) is 4.79 Å². The molecule has 1 amide bonds. The topological polar surface area (TPSA) is 29.1 Å². The van der Waals surface area contributed by atoms with Crippen molar-refractivity contribution in [3.8, 4) is 11.1 Å². The van der Waals surface area contributed by atoms with Crippen LogP contribution in [-0.2, 0) is 4.79 Å². The summed E-state index contributed by atoms with van der Waals surface area (Å²) < 4.78 is 0. The number of fused-ring (bicyclic) bond motifs is 1. The standard InChI is InChI=1S/C31H43NOSi/c1-24-23-29-27(25-17-14-11-15-18-25)21-16-22-28(29)30(24)34(2,3)32-31(33)26-19-12-9-7-5-4-6-8-10-13-20-26/h11,14-18,21-23,26,30H,4-10,12-13,19-20H2,1-3H3,(H,32,33). The molecule has 2 aromatic carbocycles. The van der Waals surface area contributed by atoms with E-state index in [1.165, 1.54) is 85.6 Å². The normalized spacial score (nSPS) is 20.6. The molecule has 2 aliphatic carbocycles. The van der Waals surface area contributed by atoms with Gasteiger partial charge in [-0.1, -0.05) is 131 Å². The van der Waals surface area contributed by atoms with E-state index in [0.29, 0.717) is 11.4 Å². The number of carbonyl (C=O) groups is 1. The lowest BCUT2D eigenvalue weighted by Gasteiger charge is -2.34. The zero-order valence-corrected chi connectivity index (χ0v) is 22.5. The van der Waals surface area contributed by atoms with E-state index >= 15 is 0 Å². The summed E-state index contributed by atoms with van der Waals surface area (Å²) in [5.74, 6) is 0.515. The molecule has 1 N–H and O–H groups in total. The number of carbonyl (C=O) groups excluding carboxylic acids is 1. The van der Waals surface area contributed by atoms with Crippen molar-refractivity contribution in [1.82, 2.24) is 4.98 Å².